The molecule has 3 rings (SSSR count). The fourth-order valence-electron chi connectivity index (χ4n) is 3.59. The maximum atomic E-state index is 12.9. The predicted octanol–water partition coefficient (Wildman–Crippen LogP) is 3.93. The minimum Gasteiger partial charge on any atom is -0.325 e. The van der Waals surface area contributed by atoms with Gasteiger partial charge < -0.3 is 5.32 Å². The van der Waals surface area contributed by atoms with Crippen molar-refractivity contribution in [2.75, 3.05) is 5.32 Å². The number of hydrogen-bond donors (Lipinski definition) is 1. The van der Waals surface area contributed by atoms with E-state index in [1.807, 2.05) is 61.5 Å². The molecule has 0 aliphatic carbocycles. The number of carbonyl (C=O) groups is 1. The number of rotatable bonds is 4. The van der Waals surface area contributed by atoms with Crippen molar-refractivity contribution in [3.05, 3.63) is 78.4 Å². The number of nitrogens with one attached hydrogen (secondary N) is 1. The molecular weight excluding hydrogens is 284 g/mol. The molecule has 0 saturated heterocycles. The molecule has 0 unspecified atom stereocenters. The van der Waals surface area contributed by atoms with Gasteiger partial charge in [-0.1, -0.05) is 54.6 Å². The molecule has 0 fully saturated rings. The van der Waals surface area contributed by atoms with E-state index in [0.717, 1.165) is 16.8 Å². The molecule has 2 aromatic rings. The summed E-state index contributed by atoms with van der Waals surface area (Å²) in [5, 5.41) is 13.1. The number of benzene rings is 2. The summed E-state index contributed by atoms with van der Waals surface area (Å²) >= 11 is 0. The van der Waals surface area contributed by atoms with Gasteiger partial charge in [0.25, 0.3) is 0 Å². The Morgan fingerprint density at radius 3 is 2.52 bits per heavy atom. The average Bonchev–Trinajstić information content (AvgIpc) is 2.86. The van der Waals surface area contributed by atoms with Crippen LogP contribution < -0.4 is 5.32 Å². The summed E-state index contributed by atoms with van der Waals surface area (Å²) in [6, 6.07) is 19.6. The quantitative estimate of drug-likeness (QED) is 0.870. The summed E-state index contributed by atoms with van der Waals surface area (Å²) in [4.78, 5) is 12.9. The molecule has 1 amide bonds. The minimum absolute atomic E-state index is 0.147. The molecule has 1 aliphatic rings. The summed E-state index contributed by atoms with van der Waals surface area (Å²) in [6.45, 7) is 5.67. The third kappa shape index (κ3) is 1.92. The van der Waals surface area contributed by atoms with Crippen LogP contribution in [0, 0.1) is 11.3 Å². The van der Waals surface area contributed by atoms with Crippen LogP contribution in [0.4, 0.5) is 5.69 Å². The van der Waals surface area contributed by atoms with Crippen LogP contribution in [0.25, 0.3) is 0 Å². The molecule has 3 nitrogen and oxygen atoms in total. The number of amides is 1. The van der Waals surface area contributed by atoms with E-state index in [1.165, 1.54) is 0 Å². The lowest BCUT2D eigenvalue weighted by Crippen LogP contribution is -2.50. The Hall–Kier alpha value is -2.86. The van der Waals surface area contributed by atoms with E-state index in [2.05, 4.69) is 18.0 Å². The average molecular weight is 302 g/mol. The van der Waals surface area contributed by atoms with Crippen molar-refractivity contribution in [2.45, 2.75) is 24.2 Å². The number of nitrogens with zero attached hydrogens (tertiary/aromatic N) is 1. The molecule has 0 spiro atoms. The highest BCUT2D eigenvalue weighted by atomic mass is 16.2. The zero-order chi connectivity index (χ0) is 16.5. The Balaban J connectivity index is 2.32. The number of nitriles is 1. The lowest BCUT2D eigenvalue weighted by molar-refractivity contribution is -0.122. The van der Waals surface area contributed by atoms with Crippen LogP contribution in [-0.4, -0.2) is 5.91 Å². The largest absolute Gasteiger partial charge is 0.325 e. The summed E-state index contributed by atoms with van der Waals surface area (Å²) in [5.41, 5.74) is 0.481. The van der Waals surface area contributed by atoms with Crippen LogP contribution in [0.1, 0.15) is 24.5 Å². The SMILES string of the molecule is C=CC[C@](C#N)(c1ccccc1)[C@@]1(C)C(=O)Nc2ccccc21. The molecular formula is C20H18N2O. The molecule has 23 heavy (non-hydrogen) atoms. The van der Waals surface area contributed by atoms with E-state index in [1.54, 1.807) is 6.08 Å². The van der Waals surface area contributed by atoms with Crippen molar-refractivity contribution < 1.29 is 4.79 Å². The first-order valence-corrected chi connectivity index (χ1v) is 7.59. The Morgan fingerprint density at radius 1 is 1.22 bits per heavy atom. The number of para-hydroxylation sites is 1. The molecule has 1 aliphatic heterocycles. The number of allylic oxidation sites excluding steroid dienone is 1. The first-order chi connectivity index (χ1) is 11.1. The first-order valence-electron chi connectivity index (χ1n) is 7.59. The molecule has 114 valence electrons. The third-order valence-corrected chi connectivity index (χ3v) is 4.93. The molecule has 0 aromatic heterocycles. The second kappa shape index (κ2) is 5.40. The van der Waals surface area contributed by atoms with Gasteiger partial charge in [0.2, 0.25) is 5.91 Å². The third-order valence-electron chi connectivity index (χ3n) is 4.93. The number of anilines is 1. The van der Waals surface area contributed by atoms with Gasteiger partial charge in [0.05, 0.1) is 11.5 Å². The van der Waals surface area contributed by atoms with Crippen molar-refractivity contribution in [1.82, 2.24) is 0 Å². The molecule has 1 heterocycles. The van der Waals surface area contributed by atoms with Gasteiger partial charge in [-0.05, 0) is 30.5 Å². The maximum absolute atomic E-state index is 12.9. The summed E-state index contributed by atoms with van der Waals surface area (Å²) < 4.78 is 0. The normalized spacial score (nSPS) is 21.7. The fraction of sp³-hybridized carbons (Fsp3) is 0.200. The van der Waals surface area contributed by atoms with Gasteiger partial charge in [-0.3, -0.25) is 4.79 Å². The van der Waals surface area contributed by atoms with E-state index >= 15 is 0 Å². The van der Waals surface area contributed by atoms with Crippen molar-refractivity contribution in [3.8, 4) is 6.07 Å². The van der Waals surface area contributed by atoms with Gasteiger partial charge in [-0.25, -0.2) is 0 Å². The second-order valence-electron chi connectivity index (χ2n) is 6.00. The second-order valence-corrected chi connectivity index (χ2v) is 6.00. The Bertz CT molecular complexity index is 806. The van der Waals surface area contributed by atoms with Crippen LogP contribution in [0.3, 0.4) is 0 Å². The van der Waals surface area contributed by atoms with Crippen molar-refractivity contribution in [3.63, 3.8) is 0 Å². The highest BCUT2D eigenvalue weighted by Crippen LogP contribution is 2.52. The van der Waals surface area contributed by atoms with Crippen LogP contribution in [0.5, 0.6) is 0 Å². The van der Waals surface area contributed by atoms with Gasteiger partial charge in [0, 0.05) is 5.69 Å². The lowest BCUT2D eigenvalue weighted by Gasteiger charge is -2.40. The highest BCUT2D eigenvalue weighted by Gasteiger charge is 2.58. The zero-order valence-corrected chi connectivity index (χ0v) is 13.0. The van der Waals surface area contributed by atoms with Crippen LogP contribution in [0.15, 0.2) is 67.3 Å². The van der Waals surface area contributed by atoms with Gasteiger partial charge in [0.15, 0.2) is 0 Å². The molecule has 0 saturated carbocycles. The van der Waals surface area contributed by atoms with E-state index in [-0.39, 0.29) is 5.91 Å². The maximum Gasteiger partial charge on any atom is 0.236 e. The van der Waals surface area contributed by atoms with Gasteiger partial charge in [0.1, 0.15) is 5.41 Å². The Kier molecular flexibility index (Phi) is 3.54. The summed E-state index contributed by atoms with van der Waals surface area (Å²) in [5.74, 6) is -0.147. The van der Waals surface area contributed by atoms with Crippen molar-refractivity contribution in [1.29, 1.82) is 5.26 Å². The smallest absolute Gasteiger partial charge is 0.236 e. The summed E-state index contributed by atoms with van der Waals surface area (Å²) in [6.07, 6.45) is 2.11. The van der Waals surface area contributed by atoms with Crippen LogP contribution >= 0.6 is 0 Å². The monoisotopic (exact) mass is 302 g/mol. The minimum atomic E-state index is -1.01. The van der Waals surface area contributed by atoms with Crippen molar-refractivity contribution >= 4 is 11.6 Å². The standard InChI is InChI=1S/C20H18N2O/c1-3-13-20(14-21,15-9-5-4-6-10-15)19(2)16-11-7-8-12-17(16)22-18(19)23/h3-12H,1,13H2,2H3,(H,22,23)/t19-,20+/m1/s1. The highest BCUT2D eigenvalue weighted by molar-refractivity contribution is 6.07. The molecule has 3 heteroatoms. The number of carbonyl (C=O) groups excluding carboxylic acids is 1. The molecule has 2 aromatic carbocycles. The molecule has 2 atom stereocenters. The van der Waals surface area contributed by atoms with Gasteiger partial charge in [-0.2, -0.15) is 5.26 Å². The first kappa shape index (κ1) is 15.1. The van der Waals surface area contributed by atoms with E-state index < -0.39 is 10.8 Å². The van der Waals surface area contributed by atoms with Crippen molar-refractivity contribution in [2.24, 2.45) is 0 Å². The zero-order valence-electron chi connectivity index (χ0n) is 13.0. The van der Waals surface area contributed by atoms with Gasteiger partial charge >= 0.3 is 0 Å². The Morgan fingerprint density at radius 2 is 1.87 bits per heavy atom. The van der Waals surface area contributed by atoms with Crippen LogP contribution in [0.2, 0.25) is 0 Å². The molecule has 0 radical (unpaired) electrons. The predicted molar refractivity (Wildman–Crippen MR) is 91.0 cm³/mol. The van der Waals surface area contributed by atoms with E-state index in [9.17, 15) is 10.1 Å². The van der Waals surface area contributed by atoms with Crippen LogP contribution in [-0.2, 0) is 15.6 Å². The molecule has 1 N–H and O–H groups in total. The number of hydrogen-bond acceptors (Lipinski definition) is 2. The van der Waals surface area contributed by atoms with E-state index in [4.69, 9.17) is 0 Å². The summed E-state index contributed by atoms with van der Waals surface area (Å²) in [7, 11) is 0. The number of fused-ring (bicyclic) bond motifs is 1. The van der Waals surface area contributed by atoms with Gasteiger partial charge in [-0.15, -0.1) is 6.58 Å². The topological polar surface area (TPSA) is 52.9 Å². The lowest BCUT2D eigenvalue weighted by atomic mass is 9.57. The Labute approximate surface area is 136 Å². The molecule has 0 bridgehead atoms. The van der Waals surface area contributed by atoms with E-state index in [0.29, 0.717) is 6.42 Å². The fourth-order valence-corrected chi connectivity index (χ4v) is 3.59.